The van der Waals surface area contributed by atoms with Gasteiger partial charge in [0, 0.05) is 38.6 Å². The van der Waals surface area contributed by atoms with Gasteiger partial charge in [-0.25, -0.2) is 9.97 Å². The van der Waals surface area contributed by atoms with Gasteiger partial charge in [-0.1, -0.05) is 0 Å². The highest BCUT2D eigenvalue weighted by atomic mass is 19.4. The molecule has 0 aliphatic rings. The monoisotopic (exact) mass is 270 g/mol. The van der Waals surface area contributed by atoms with E-state index in [9.17, 15) is 13.2 Å². The average Bonchev–Trinajstić information content (AvgIpc) is 2.75. The van der Waals surface area contributed by atoms with Crippen molar-refractivity contribution in [3.8, 4) is 0 Å². The van der Waals surface area contributed by atoms with Crippen LogP contribution in [0.5, 0.6) is 0 Å². The molecular formula is C12H13F3N4. The molecule has 0 fully saturated rings. The zero-order valence-electron chi connectivity index (χ0n) is 10.3. The zero-order valence-corrected chi connectivity index (χ0v) is 10.3. The SMILES string of the molecule is Cn1ccnc1CCNc1ccc(C(F)(F)F)cn1. The van der Waals surface area contributed by atoms with Gasteiger partial charge in [-0.2, -0.15) is 13.2 Å². The number of aryl methyl sites for hydroxylation is 1. The number of nitrogens with one attached hydrogen (secondary N) is 1. The smallest absolute Gasteiger partial charge is 0.370 e. The number of alkyl halides is 3. The number of hydrogen-bond donors (Lipinski definition) is 1. The van der Waals surface area contributed by atoms with Crippen molar-refractivity contribution >= 4 is 5.82 Å². The van der Waals surface area contributed by atoms with Crippen molar-refractivity contribution in [3.05, 3.63) is 42.1 Å². The topological polar surface area (TPSA) is 42.7 Å². The van der Waals surface area contributed by atoms with Crippen LogP contribution in [0.3, 0.4) is 0 Å². The third-order valence-corrected chi connectivity index (χ3v) is 2.67. The molecular weight excluding hydrogens is 257 g/mol. The second-order valence-corrected chi connectivity index (χ2v) is 4.06. The van der Waals surface area contributed by atoms with Crippen molar-refractivity contribution < 1.29 is 13.2 Å². The Bertz CT molecular complexity index is 531. The van der Waals surface area contributed by atoms with E-state index in [1.165, 1.54) is 6.07 Å². The minimum absolute atomic E-state index is 0.419. The molecule has 0 radical (unpaired) electrons. The van der Waals surface area contributed by atoms with E-state index in [1.54, 1.807) is 6.20 Å². The van der Waals surface area contributed by atoms with E-state index >= 15 is 0 Å². The number of anilines is 1. The normalized spacial score (nSPS) is 11.6. The largest absolute Gasteiger partial charge is 0.417 e. The quantitative estimate of drug-likeness (QED) is 0.928. The maximum absolute atomic E-state index is 12.3. The minimum Gasteiger partial charge on any atom is -0.370 e. The summed E-state index contributed by atoms with van der Waals surface area (Å²) in [7, 11) is 1.89. The van der Waals surface area contributed by atoms with Gasteiger partial charge in [0.2, 0.25) is 0 Å². The number of hydrogen-bond acceptors (Lipinski definition) is 3. The van der Waals surface area contributed by atoms with Gasteiger partial charge in [-0.3, -0.25) is 0 Å². The molecule has 0 saturated carbocycles. The number of rotatable bonds is 4. The summed E-state index contributed by atoms with van der Waals surface area (Å²) in [6, 6.07) is 2.33. The van der Waals surface area contributed by atoms with Crippen LogP contribution in [0, 0.1) is 0 Å². The lowest BCUT2D eigenvalue weighted by molar-refractivity contribution is -0.137. The molecule has 1 N–H and O–H groups in total. The lowest BCUT2D eigenvalue weighted by Gasteiger charge is -2.08. The van der Waals surface area contributed by atoms with Gasteiger partial charge in [-0.05, 0) is 12.1 Å². The fourth-order valence-corrected chi connectivity index (χ4v) is 1.61. The fraction of sp³-hybridized carbons (Fsp3) is 0.333. The van der Waals surface area contributed by atoms with Gasteiger partial charge >= 0.3 is 6.18 Å². The van der Waals surface area contributed by atoms with E-state index in [0.717, 1.165) is 18.1 Å². The molecule has 19 heavy (non-hydrogen) atoms. The van der Waals surface area contributed by atoms with E-state index in [4.69, 9.17) is 0 Å². The molecule has 4 nitrogen and oxygen atoms in total. The fourth-order valence-electron chi connectivity index (χ4n) is 1.61. The van der Waals surface area contributed by atoms with Crippen molar-refractivity contribution in [1.29, 1.82) is 0 Å². The molecule has 0 saturated heterocycles. The highest BCUT2D eigenvalue weighted by Crippen LogP contribution is 2.28. The molecule has 0 aliphatic heterocycles. The van der Waals surface area contributed by atoms with Crippen LogP contribution in [0.1, 0.15) is 11.4 Å². The van der Waals surface area contributed by atoms with Gasteiger partial charge in [-0.15, -0.1) is 0 Å². The summed E-state index contributed by atoms with van der Waals surface area (Å²) in [6.45, 7) is 0.559. The van der Waals surface area contributed by atoms with E-state index in [1.807, 2.05) is 17.8 Å². The van der Waals surface area contributed by atoms with Gasteiger partial charge in [0.05, 0.1) is 5.56 Å². The van der Waals surface area contributed by atoms with Crippen LogP contribution >= 0.6 is 0 Å². The summed E-state index contributed by atoms with van der Waals surface area (Å²) in [5.74, 6) is 1.32. The third kappa shape index (κ3) is 3.46. The first kappa shape index (κ1) is 13.4. The Morgan fingerprint density at radius 2 is 2.05 bits per heavy atom. The second kappa shape index (κ2) is 5.29. The summed E-state index contributed by atoms with van der Waals surface area (Å²) in [5.41, 5.74) is -0.748. The number of halogens is 3. The van der Waals surface area contributed by atoms with E-state index in [-0.39, 0.29) is 0 Å². The van der Waals surface area contributed by atoms with E-state index < -0.39 is 11.7 Å². The molecule has 0 amide bonds. The summed E-state index contributed by atoms with van der Waals surface area (Å²) in [4.78, 5) is 7.88. The van der Waals surface area contributed by atoms with Gasteiger partial charge in [0.15, 0.2) is 0 Å². The van der Waals surface area contributed by atoms with Crippen LogP contribution in [0.25, 0.3) is 0 Å². The Morgan fingerprint density at radius 1 is 1.26 bits per heavy atom. The Morgan fingerprint density at radius 3 is 2.58 bits per heavy atom. The highest BCUT2D eigenvalue weighted by Gasteiger charge is 2.30. The summed E-state index contributed by atoms with van der Waals surface area (Å²) in [6.07, 6.45) is 0.686. The van der Waals surface area contributed by atoms with Crippen LogP contribution in [0.4, 0.5) is 19.0 Å². The first-order chi connectivity index (χ1) is 8.97. The molecule has 2 heterocycles. The Kier molecular flexibility index (Phi) is 3.73. The highest BCUT2D eigenvalue weighted by molar-refractivity contribution is 5.36. The number of imidazole rings is 1. The molecule has 0 aromatic carbocycles. The molecule has 102 valence electrons. The molecule has 0 atom stereocenters. The van der Waals surface area contributed by atoms with Crippen molar-refractivity contribution in [2.24, 2.45) is 7.05 Å². The third-order valence-electron chi connectivity index (χ3n) is 2.67. The maximum atomic E-state index is 12.3. The van der Waals surface area contributed by atoms with Crippen molar-refractivity contribution in [1.82, 2.24) is 14.5 Å². The van der Waals surface area contributed by atoms with Crippen molar-refractivity contribution in [2.45, 2.75) is 12.6 Å². The maximum Gasteiger partial charge on any atom is 0.417 e. The summed E-state index contributed by atoms with van der Waals surface area (Å²) >= 11 is 0. The Labute approximate surface area is 108 Å². The molecule has 0 bridgehead atoms. The van der Waals surface area contributed by atoms with Crippen LogP contribution in [-0.4, -0.2) is 21.1 Å². The van der Waals surface area contributed by atoms with E-state index in [0.29, 0.717) is 18.8 Å². The van der Waals surface area contributed by atoms with Crippen LogP contribution in [-0.2, 0) is 19.6 Å². The second-order valence-electron chi connectivity index (χ2n) is 4.06. The molecule has 7 heteroatoms. The summed E-state index contributed by atoms with van der Waals surface area (Å²) in [5, 5.41) is 2.96. The van der Waals surface area contributed by atoms with Gasteiger partial charge in [0.1, 0.15) is 11.6 Å². The molecule has 2 aromatic rings. The lowest BCUT2D eigenvalue weighted by Crippen LogP contribution is -2.10. The van der Waals surface area contributed by atoms with Gasteiger partial charge in [0.25, 0.3) is 0 Å². The molecule has 0 unspecified atom stereocenters. The van der Waals surface area contributed by atoms with Crippen LogP contribution in [0.2, 0.25) is 0 Å². The predicted octanol–water partition coefficient (Wildman–Crippen LogP) is 2.49. The number of pyridine rings is 1. The molecule has 2 aromatic heterocycles. The van der Waals surface area contributed by atoms with Crippen molar-refractivity contribution in [3.63, 3.8) is 0 Å². The number of nitrogens with zero attached hydrogens (tertiary/aromatic N) is 3. The Hall–Kier alpha value is -2.05. The molecule has 0 aliphatic carbocycles. The molecule has 0 spiro atoms. The van der Waals surface area contributed by atoms with Crippen molar-refractivity contribution in [2.75, 3.05) is 11.9 Å². The van der Waals surface area contributed by atoms with Crippen LogP contribution < -0.4 is 5.32 Å². The zero-order chi connectivity index (χ0) is 13.9. The first-order valence-corrected chi connectivity index (χ1v) is 5.70. The van der Waals surface area contributed by atoms with Crippen LogP contribution in [0.15, 0.2) is 30.7 Å². The summed E-state index contributed by atoms with van der Waals surface area (Å²) < 4.78 is 38.9. The first-order valence-electron chi connectivity index (χ1n) is 5.70. The number of aromatic nitrogens is 3. The predicted molar refractivity (Wildman–Crippen MR) is 64.6 cm³/mol. The standard InChI is InChI=1S/C12H13F3N4/c1-19-7-6-17-11(19)4-5-16-10-3-2-9(8-18-10)12(13,14)15/h2-3,6-8H,4-5H2,1H3,(H,16,18). The minimum atomic E-state index is -4.35. The van der Waals surface area contributed by atoms with Gasteiger partial charge < -0.3 is 9.88 Å². The Balaban J connectivity index is 1.89. The lowest BCUT2D eigenvalue weighted by atomic mass is 10.3. The molecule has 2 rings (SSSR count). The van der Waals surface area contributed by atoms with E-state index in [2.05, 4.69) is 15.3 Å². The average molecular weight is 270 g/mol.